The predicted molar refractivity (Wildman–Crippen MR) is 82.7 cm³/mol. The molecule has 0 radical (unpaired) electrons. The molecule has 0 aliphatic heterocycles. The second-order valence-corrected chi connectivity index (χ2v) is 5.14. The molecule has 0 fully saturated rings. The van der Waals surface area contributed by atoms with Crippen molar-refractivity contribution in [2.45, 2.75) is 20.8 Å². The van der Waals surface area contributed by atoms with E-state index in [1.54, 1.807) is 0 Å². The lowest BCUT2D eigenvalue weighted by Crippen LogP contribution is -2.36. The lowest BCUT2D eigenvalue weighted by Gasteiger charge is -2.22. The largest absolute Gasteiger partial charge is 0.461 e. The van der Waals surface area contributed by atoms with Crippen LogP contribution in [0.3, 0.4) is 0 Å². The van der Waals surface area contributed by atoms with Gasteiger partial charge in [0.05, 0.1) is 12.2 Å². The Morgan fingerprint density at radius 2 is 1.88 bits per heavy atom. The summed E-state index contributed by atoms with van der Waals surface area (Å²) in [7, 11) is 0. The zero-order chi connectivity index (χ0) is 19.6. The van der Waals surface area contributed by atoms with Gasteiger partial charge < -0.3 is 4.74 Å². The van der Waals surface area contributed by atoms with Crippen LogP contribution in [0.1, 0.15) is 28.5 Å². The summed E-state index contributed by atoms with van der Waals surface area (Å²) >= 11 is 0. The van der Waals surface area contributed by atoms with E-state index < -0.39 is 46.2 Å². The Morgan fingerprint density at radius 3 is 2.42 bits per heavy atom. The second kappa shape index (κ2) is 7.38. The molecular weight excluding hydrogens is 355 g/mol. The highest BCUT2D eigenvalue weighted by molar-refractivity contribution is 6.14. The van der Waals surface area contributed by atoms with Gasteiger partial charge in [-0.2, -0.15) is 0 Å². The van der Waals surface area contributed by atoms with E-state index in [9.17, 15) is 22.8 Å². The smallest absolute Gasteiger partial charge is 0.354 e. The van der Waals surface area contributed by atoms with Gasteiger partial charge in [0.15, 0.2) is 11.6 Å². The summed E-state index contributed by atoms with van der Waals surface area (Å²) in [5.74, 6) is -6.64. The number of hydrogen-bond donors (Lipinski definition) is 0. The fourth-order valence-electron chi connectivity index (χ4n) is 2.17. The number of anilines is 1. The van der Waals surface area contributed by atoms with Gasteiger partial charge in [-0.3, -0.25) is 4.79 Å². The second-order valence-electron chi connectivity index (χ2n) is 5.14. The average Bonchev–Trinajstić information content (AvgIpc) is 2.99. The van der Waals surface area contributed by atoms with E-state index in [1.165, 1.54) is 13.8 Å². The molecule has 2 rings (SSSR count). The first-order valence-electron chi connectivity index (χ1n) is 7.34. The van der Waals surface area contributed by atoms with Gasteiger partial charge in [0.2, 0.25) is 5.82 Å². The number of amides is 1. The molecule has 0 aliphatic rings. The van der Waals surface area contributed by atoms with E-state index in [-0.39, 0.29) is 24.2 Å². The highest BCUT2D eigenvalue weighted by Crippen LogP contribution is 2.27. The van der Waals surface area contributed by atoms with Crippen molar-refractivity contribution in [1.29, 1.82) is 0 Å². The van der Waals surface area contributed by atoms with Crippen LogP contribution in [0.15, 0.2) is 23.0 Å². The number of nitrogens with zero attached hydrogens (tertiary/aromatic N) is 3. The van der Waals surface area contributed by atoms with Crippen LogP contribution in [-0.2, 0) is 9.53 Å². The third-order valence-electron chi connectivity index (χ3n) is 3.44. The first kappa shape index (κ1) is 19.2. The number of rotatable bonds is 5. The van der Waals surface area contributed by atoms with Crippen molar-refractivity contribution < 1.29 is 32.1 Å². The number of benzene rings is 1. The average molecular weight is 369 g/mol. The molecule has 0 unspecified atom stereocenters. The van der Waals surface area contributed by atoms with E-state index >= 15 is 0 Å². The van der Waals surface area contributed by atoms with Crippen LogP contribution in [0.2, 0.25) is 0 Å². The summed E-state index contributed by atoms with van der Waals surface area (Å²) in [6.45, 7) is 7.38. The molecule has 1 heterocycles. The number of halogens is 3. The molecule has 138 valence electrons. The van der Waals surface area contributed by atoms with E-state index in [2.05, 4.69) is 21.5 Å². The Bertz CT molecular complexity index is 895. The van der Waals surface area contributed by atoms with Crippen LogP contribution in [0.5, 0.6) is 0 Å². The Kier molecular flexibility index (Phi) is 5.44. The molecule has 7 nitrogen and oxygen atoms in total. The number of hydrogen-bond acceptors (Lipinski definition) is 6. The Morgan fingerprint density at radius 1 is 1.23 bits per heavy atom. The lowest BCUT2D eigenvalue weighted by molar-refractivity contribution is -0.138. The van der Waals surface area contributed by atoms with E-state index in [4.69, 9.17) is 4.74 Å². The van der Waals surface area contributed by atoms with Crippen LogP contribution in [0, 0.1) is 31.3 Å². The highest BCUT2D eigenvalue weighted by Gasteiger charge is 2.33. The fourth-order valence-corrected chi connectivity index (χ4v) is 2.17. The van der Waals surface area contributed by atoms with E-state index in [1.807, 2.05) is 0 Å². The standard InChI is InChI=1S/C16H14F3N3O4/c1-5-25-16(24)9(4)22(14-8(3)20-26-21-14)15(23)12-7(2)13(19)11(18)6-10(12)17/h6H,4-5H2,1-3H3. The SMILES string of the molecule is C=C(C(=O)OCC)N(C(=O)c1c(F)cc(F)c(F)c1C)c1nonc1C. The third kappa shape index (κ3) is 3.30. The van der Waals surface area contributed by atoms with Crippen LogP contribution in [-0.4, -0.2) is 28.8 Å². The molecule has 0 saturated heterocycles. The van der Waals surface area contributed by atoms with Crippen molar-refractivity contribution >= 4 is 17.7 Å². The maximum atomic E-state index is 14.2. The molecule has 0 aliphatic carbocycles. The van der Waals surface area contributed by atoms with Crippen molar-refractivity contribution in [3.63, 3.8) is 0 Å². The van der Waals surface area contributed by atoms with Crippen molar-refractivity contribution in [3.8, 4) is 0 Å². The predicted octanol–water partition coefficient (Wildman–Crippen LogP) is 2.83. The molecule has 0 N–H and O–H groups in total. The number of aryl methyl sites for hydroxylation is 1. The van der Waals surface area contributed by atoms with Gasteiger partial charge in [-0.25, -0.2) is 27.5 Å². The number of carbonyl (C=O) groups is 2. The Balaban J connectivity index is 2.62. The van der Waals surface area contributed by atoms with Crippen molar-refractivity contribution in [3.05, 3.63) is 52.6 Å². The number of esters is 1. The van der Waals surface area contributed by atoms with Crippen molar-refractivity contribution in [2.24, 2.45) is 0 Å². The van der Waals surface area contributed by atoms with Crippen LogP contribution >= 0.6 is 0 Å². The minimum atomic E-state index is -1.45. The summed E-state index contributed by atoms with van der Waals surface area (Å²) in [6, 6.07) is 0.231. The molecule has 0 atom stereocenters. The monoisotopic (exact) mass is 369 g/mol. The van der Waals surface area contributed by atoms with Gasteiger partial charge in [0.25, 0.3) is 5.91 Å². The minimum absolute atomic E-state index is 0.0193. The number of carbonyl (C=O) groups excluding carboxylic acids is 2. The lowest BCUT2D eigenvalue weighted by atomic mass is 10.1. The summed E-state index contributed by atoms with van der Waals surface area (Å²) in [5.41, 5.74) is -1.83. The summed E-state index contributed by atoms with van der Waals surface area (Å²) in [6.07, 6.45) is 0. The zero-order valence-corrected chi connectivity index (χ0v) is 14.1. The van der Waals surface area contributed by atoms with Gasteiger partial charge >= 0.3 is 5.97 Å². The molecule has 2 aromatic rings. The molecule has 0 spiro atoms. The Labute approximate surface area is 146 Å². The molecule has 1 aromatic heterocycles. The van der Waals surface area contributed by atoms with Crippen LogP contribution < -0.4 is 4.90 Å². The van der Waals surface area contributed by atoms with Crippen LogP contribution in [0.25, 0.3) is 0 Å². The maximum absolute atomic E-state index is 14.2. The third-order valence-corrected chi connectivity index (χ3v) is 3.44. The number of aromatic nitrogens is 2. The zero-order valence-electron chi connectivity index (χ0n) is 14.1. The molecule has 1 aromatic carbocycles. The summed E-state index contributed by atoms with van der Waals surface area (Å²) in [5, 5.41) is 6.96. The van der Waals surface area contributed by atoms with E-state index in [0.29, 0.717) is 4.90 Å². The molecule has 1 amide bonds. The van der Waals surface area contributed by atoms with E-state index in [0.717, 1.165) is 6.92 Å². The summed E-state index contributed by atoms with van der Waals surface area (Å²) in [4.78, 5) is 25.4. The summed E-state index contributed by atoms with van der Waals surface area (Å²) < 4.78 is 50.6. The molecule has 0 bridgehead atoms. The topological polar surface area (TPSA) is 85.5 Å². The molecule has 26 heavy (non-hydrogen) atoms. The fraction of sp³-hybridized carbons (Fsp3) is 0.250. The first-order chi connectivity index (χ1) is 12.2. The number of ether oxygens (including phenoxy) is 1. The van der Waals surface area contributed by atoms with Gasteiger partial charge in [-0.05, 0) is 25.9 Å². The molecule has 0 saturated carbocycles. The normalized spacial score (nSPS) is 10.5. The van der Waals surface area contributed by atoms with Gasteiger partial charge in [-0.1, -0.05) is 11.7 Å². The molecule has 10 heteroatoms. The van der Waals surface area contributed by atoms with Crippen LogP contribution in [0.4, 0.5) is 19.0 Å². The quantitative estimate of drug-likeness (QED) is 0.458. The van der Waals surface area contributed by atoms with Crippen molar-refractivity contribution in [2.75, 3.05) is 11.5 Å². The first-order valence-corrected chi connectivity index (χ1v) is 7.34. The maximum Gasteiger partial charge on any atom is 0.354 e. The van der Waals surface area contributed by atoms with Gasteiger partial charge in [-0.15, -0.1) is 0 Å². The highest BCUT2D eigenvalue weighted by atomic mass is 19.2. The van der Waals surface area contributed by atoms with Gasteiger partial charge in [0.1, 0.15) is 17.2 Å². The van der Waals surface area contributed by atoms with Gasteiger partial charge in [0, 0.05) is 11.6 Å². The molecular formula is C16H14F3N3O4. The van der Waals surface area contributed by atoms with Crippen molar-refractivity contribution in [1.82, 2.24) is 10.3 Å². The Hall–Kier alpha value is -3.17. The minimum Gasteiger partial charge on any atom is -0.461 e.